The van der Waals surface area contributed by atoms with E-state index in [4.69, 9.17) is 0 Å². The molecule has 2 aromatic heterocycles. The predicted molar refractivity (Wildman–Crippen MR) is 128 cm³/mol. The van der Waals surface area contributed by atoms with Gasteiger partial charge in [0.1, 0.15) is 11.2 Å². The van der Waals surface area contributed by atoms with Crippen LogP contribution in [-0.4, -0.2) is 21.5 Å². The number of benzene rings is 1. The molecule has 0 aliphatic carbocycles. The molecule has 0 atom stereocenters. The first-order chi connectivity index (χ1) is 15.3. The Bertz CT molecular complexity index is 1290. The Morgan fingerprint density at radius 1 is 1.22 bits per heavy atom. The number of allylic oxidation sites excluding steroid dienone is 4. The largest absolute Gasteiger partial charge is 0.761 e. The molecule has 1 aromatic carbocycles. The number of carbonyl (C=O) groups excluding carboxylic acids is 1. The number of fused-ring (bicyclic) bond motifs is 1. The van der Waals surface area contributed by atoms with Crippen molar-refractivity contribution in [1.29, 1.82) is 0 Å². The van der Waals surface area contributed by atoms with Crippen LogP contribution in [0.25, 0.3) is 22.3 Å². The highest BCUT2D eigenvalue weighted by atomic mass is 16.5. The predicted octanol–water partition coefficient (Wildman–Crippen LogP) is 4.08. The van der Waals surface area contributed by atoms with Crippen molar-refractivity contribution in [2.75, 3.05) is 0 Å². The minimum atomic E-state index is -0.443. The summed E-state index contributed by atoms with van der Waals surface area (Å²) in [6.45, 7) is 9.37. The van der Waals surface area contributed by atoms with Crippen LogP contribution in [0.3, 0.4) is 0 Å². The number of hydrogen-bond donors (Lipinski definition) is 2. The zero-order chi connectivity index (χ0) is 23.3. The average molecular weight is 430 g/mol. The molecule has 2 N–H and O–H groups in total. The first-order valence-corrected chi connectivity index (χ1v) is 10.1. The summed E-state index contributed by atoms with van der Waals surface area (Å²) in [5, 5.41) is 14.2. The molecule has 7 heteroatoms. The van der Waals surface area contributed by atoms with E-state index in [-0.39, 0.29) is 17.0 Å². The third-order valence-corrected chi connectivity index (χ3v) is 4.65. The van der Waals surface area contributed by atoms with Gasteiger partial charge in [0, 0.05) is 24.1 Å². The molecule has 2 heterocycles. The molecule has 0 unspecified atom stereocenters. The summed E-state index contributed by atoms with van der Waals surface area (Å²) in [5.41, 5.74) is 4.85. The van der Waals surface area contributed by atoms with E-state index in [1.807, 2.05) is 50.5 Å². The van der Waals surface area contributed by atoms with Crippen molar-refractivity contribution in [3.8, 4) is 5.69 Å². The number of aromatic nitrogens is 2. The summed E-state index contributed by atoms with van der Waals surface area (Å²) in [6.07, 6.45) is 8.05. The van der Waals surface area contributed by atoms with Crippen LogP contribution in [0.4, 0.5) is 0 Å². The highest BCUT2D eigenvalue weighted by Crippen LogP contribution is 2.22. The summed E-state index contributed by atoms with van der Waals surface area (Å²) in [6, 6.07) is 10.6. The smallest absolute Gasteiger partial charge is 0.256 e. The lowest BCUT2D eigenvalue weighted by atomic mass is 10.0. The van der Waals surface area contributed by atoms with E-state index in [1.54, 1.807) is 35.0 Å². The van der Waals surface area contributed by atoms with Crippen LogP contribution >= 0.6 is 0 Å². The molecule has 32 heavy (non-hydrogen) atoms. The van der Waals surface area contributed by atoms with E-state index in [9.17, 15) is 14.8 Å². The third-order valence-electron chi connectivity index (χ3n) is 4.65. The second-order valence-corrected chi connectivity index (χ2v) is 7.69. The lowest BCUT2D eigenvalue weighted by Crippen LogP contribution is -2.34. The Labute approximate surface area is 186 Å². The molecule has 0 saturated heterocycles. The van der Waals surface area contributed by atoms with Gasteiger partial charge < -0.3 is 20.6 Å². The van der Waals surface area contributed by atoms with Gasteiger partial charge in [-0.15, -0.1) is 0 Å². The molecule has 0 bridgehead atoms. The highest BCUT2D eigenvalue weighted by Gasteiger charge is 2.17. The van der Waals surface area contributed by atoms with Crippen LogP contribution in [0, 0.1) is 5.21 Å². The molecule has 3 aromatic rings. The van der Waals surface area contributed by atoms with Gasteiger partial charge in [0.25, 0.3) is 5.91 Å². The van der Waals surface area contributed by atoms with Gasteiger partial charge in [0.15, 0.2) is 0 Å². The van der Waals surface area contributed by atoms with Gasteiger partial charge in [-0.3, -0.25) is 9.59 Å². The number of nitrogens with one attached hydrogen (secondary N) is 2. The van der Waals surface area contributed by atoms with Gasteiger partial charge in [0.05, 0.1) is 5.39 Å². The van der Waals surface area contributed by atoms with Crippen molar-refractivity contribution in [3.63, 3.8) is 0 Å². The Hall–Kier alpha value is -3.97. The number of pyridine rings is 2. The van der Waals surface area contributed by atoms with Gasteiger partial charge in [-0.1, -0.05) is 36.4 Å². The molecule has 0 radical (unpaired) electrons. The molecule has 0 aliphatic rings. The van der Waals surface area contributed by atoms with Crippen LogP contribution in [0.15, 0.2) is 84.1 Å². The molecular formula is C25H25N4O3-. The normalized spacial score (nSPS) is 11.8. The van der Waals surface area contributed by atoms with Crippen LogP contribution in [0.2, 0.25) is 0 Å². The lowest BCUT2D eigenvalue weighted by Gasteiger charge is -2.15. The fourth-order valence-electron chi connectivity index (χ4n) is 3.22. The van der Waals surface area contributed by atoms with Gasteiger partial charge in [-0.2, -0.15) is 0 Å². The van der Waals surface area contributed by atoms with E-state index in [0.29, 0.717) is 22.3 Å². The van der Waals surface area contributed by atoms with Crippen LogP contribution in [0.5, 0.6) is 0 Å². The monoisotopic (exact) mass is 429 g/mol. The fraction of sp³-hybridized carbons (Fsp3) is 0.160. The lowest BCUT2D eigenvalue weighted by molar-refractivity contribution is 0.0941. The van der Waals surface area contributed by atoms with Crippen LogP contribution in [0.1, 0.15) is 36.7 Å². The van der Waals surface area contributed by atoms with Gasteiger partial charge in [0.2, 0.25) is 5.43 Å². The molecular weight excluding hydrogens is 404 g/mol. The fourth-order valence-corrected chi connectivity index (χ4v) is 3.22. The first-order valence-electron chi connectivity index (χ1n) is 10.1. The quantitative estimate of drug-likeness (QED) is 0.435. The maximum atomic E-state index is 13.0. The average Bonchev–Trinajstić information content (AvgIpc) is 2.76. The number of hydrogen-bond acceptors (Lipinski definition) is 5. The standard InChI is InChI=1S/C25H25N4O3/c1-16(2)10-11-19(14-27-32)18-7-5-8-20(13-18)29-15-22(25(31)28-17(3)4)23(30)21-9-6-12-26-24(21)29/h5-15,17,27H,1H2,2-4H3,(H,28,31)/q-1/b11-10-,19-14+. The highest BCUT2D eigenvalue weighted by molar-refractivity contribution is 5.97. The number of amides is 1. The van der Waals surface area contributed by atoms with Crippen molar-refractivity contribution < 1.29 is 4.79 Å². The Morgan fingerprint density at radius 2 is 2.00 bits per heavy atom. The third kappa shape index (κ3) is 5.01. The molecule has 0 saturated carbocycles. The Morgan fingerprint density at radius 3 is 2.69 bits per heavy atom. The van der Waals surface area contributed by atoms with Gasteiger partial charge >= 0.3 is 0 Å². The number of rotatable bonds is 7. The summed E-state index contributed by atoms with van der Waals surface area (Å²) in [5.74, 6) is -0.443. The SMILES string of the molecule is C=C(C)/C=C\C(=C/N[O-])c1cccc(-n2cc(C(=O)NC(C)C)c(=O)c3cccnc32)c1. The summed E-state index contributed by atoms with van der Waals surface area (Å²) < 4.78 is 1.71. The number of carbonyl (C=O) groups is 1. The molecule has 1 amide bonds. The maximum absolute atomic E-state index is 13.0. The van der Waals surface area contributed by atoms with E-state index >= 15 is 0 Å². The van der Waals surface area contributed by atoms with E-state index in [1.165, 1.54) is 12.4 Å². The second-order valence-electron chi connectivity index (χ2n) is 7.69. The Balaban J connectivity index is 2.22. The first kappa shape index (κ1) is 22.7. The second kappa shape index (κ2) is 9.89. The number of hydroxylamine groups is 1. The molecule has 164 valence electrons. The topological polar surface area (TPSA) is 99.1 Å². The molecule has 0 aliphatic heterocycles. The summed E-state index contributed by atoms with van der Waals surface area (Å²) >= 11 is 0. The zero-order valence-electron chi connectivity index (χ0n) is 18.3. The molecule has 7 nitrogen and oxygen atoms in total. The van der Waals surface area contributed by atoms with E-state index < -0.39 is 5.91 Å². The molecule has 3 rings (SSSR count). The van der Waals surface area contributed by atoms with Crippen LogP contribution in [-0.2, 0) is 0 Å². The van der Waals surface area contributed by atoms with Crippen molar-refractivity contribution >= 4 is 22.5 Å². The Kier molecular flexibility index (Phi) is 7.02. The van der Waals surface area contributed by atoms with Crippen molar-refractivity contribution in [2.24, 2.45) is 0 Å². The van der Waals surface area contributed by atoms with Gasteiger partial charge in [-0.05, 0) is 62.4 Å². The van der Waals surface area contributed by atoms with E-state index in [0.717, 1.165) is 11.1 Å². The maximum Gasteiger partial charge on any atom is 0.256 e. The minimum absolute atomic E-state index is 0.0313. The number of nitrogens with zero attached hydrogens (tertiary/aromatic N) is 2. The summed E-state index contributed by atoms with van der Waals surface area (Å²) in [7, 11) is 0. The molecule has 0 spiro atoms. The zero-order valence-corrected chi connectivity index (χ0v) is 18.3. The van der Waals surface area contributed by atoms with Crippen molar-refractivity contribution in [2.45, 2.75) is 26.8 Å². The van der Waals surface area contributed by atoms with E-state index in [2.05, 4.69) is 16.9 Å². The van der Waals surface area contributed by atoms with Gasteiger partial charge in [-0.25, -0.2) is 4.98 Å². The molecule has 0 fully saturated rings. The van der Waals surface area contributed by atoms with Crippen LogP contribution < -0.4 is 16.2 Å². The van der Waals surface area contributed by atoms with Crippen molar-refractivity contribution in [3.05, 3.63) is 106 Å². The summed E-state index contributed by atoms with van der Waals surface area (Å²) in [4.78, 5) is 30.0. The minimum Gasteiger partial charge on any atom is -0.761 e. The van der Waals surface area contributed by atoms with Crippen molar-refractivity contribution in [1.82, 2.24) is 20.3 Å².